The predicted molar refractivity (Wildman–Crippen MR) is 135 cm³/mol. The van der Waals surface area contributed by atoms with Gasteiger partial charge in [-0.05, 0) is 49.2 Å². The number of halogens is 1. The van der Waals surface area contributed by atoms with Crippen LogP contribution in [0.5, 0.6) is 5.75 Å². The van der Waals surface area contributed by atoms with Gasteiger partial charge in [0.25, 0.3) is 5.91 Å². The standard InChI is InChI=1S/C24H28ClN5O3S/c1-5-30-22(21(15(2)3)27-23(32)16-10-12-17(33-4)13-11-16)28-29-24(30)34-14-20(31)26-19-9-7-6-8-18(19)25/h6-13,15,21H,5,14H2,1-4H3,(H,26,31)(H,27,32)/t21-/m0/s1. The van der Waals surface area contributed by atoms with Crippen LogP contribution in [-0.4, -0.2) is 39.4 Å². The van der Waals surface area contributed by atoms with E-state index in [1.54, 1.807) is 55.6 Å². The van der Waals surface area contributed by atoms with E-state index in [4.69, 9.17) is 16.3 Å². The number of aromatic nitrogens is 3. The Hall–Kier alpha value is -3.04. The minimum absolute atomic E-state index is 0.0677. The van der Waals surface area contributed by atoms with E-state index in [0.29, 0.717) is 39.5 Å². The number of methoxy groups -OCH3 is 1. The molecule has 2 N–H and O–H groups in total. The molecule has 0 saturated carbocycles. The van der Waals surface area contributed by atoms with Gasteiger partial charge in [0.2, 0.25) is 5.91 Å². The van der Waals surface area contributed by atoms with Gasteiger partial charge < -0.3 is 19.9 Å². The van der Waals surface area contributed by atoms with Gasteiger partial charge in [-0.2, -0.15) is 0 Å². The van der Waals surface area contributed by atoms with Crippen LogP contribution in [0.4, 0.5) is 5.69 Å². The van der Waals surface area contributed by atoms with E-state index in [1.165, 1.54) is 11.8 Å². The summed E-state index contributed by atoms with van der Waals surface area (Å²) >= 11 is 7.39. The molecule has 34 heavy (non-hydrogen) atoms. The molecule has 0 spiro atoms. The molecule has 0 saturated heterocycles. The number of anilines is 1. The molecule has 2 amide bonds. The number of para-hydroxylation sites is 1. The van der Waals surface area contributed by atoms with Crippen molar-refractivity contribution in [2.75, 3.05) is 18.2 Å². The number of thioether (sulfide) groups is 1. The third kappa shape index (κ3) is 6.30. The lowest BCUT2D eigenvalue weighted by molar-refractivity contribution is -0.113. The van der Waals surface area contributed by atoms with Gasteiger partial charge in [-0.1, -0.05) is 49.3 Å². The van der Waals surface area contributed by atoms with Crippen LogP contribution in [0.1, 0.15) is 43.0 Å². The number of rotatable bonds is 10. The minimum atomic E-state index is -0.353. The zero-order valence-corrected chi connectivity index (χ0v) is 21.1. The van der Waals surface area contributed by atoms with Crippen molar-refractivity contribution in [1.29, 1.82) is 0 Å². The smallest absolute Gasteiger partial charge is 0.251 e. The quantitative estimate of drug-likeness (QED) is 0.386. The van der Waals surface area contributed by atoms with Crippen molar-refractivity contribution in [2.45, 2.75) is 38.5 Å². The Morgan fingerprint density at radius 3 is 2.44 bits per heavy atom. The fraction of sp³-hybridized carbons (Fsp3) is 0.333. The lowest BCUT2D eigenvalue weighted by Gasteiger charge is -2.22. The zero-order valence-electron chi connectivity index (χ0n) is 19.5. The number of hydrogen-bond donors (Lipinski definition) is 2. The summed E-state index contributed by atoms with van der Waals surface area (Å²) in [5.74, 6) is 1.14. The number of benzene rings is 2. The fourth-order valence-electron chi connectivity index (χ4n) is 3.31. The van der Waals surface area contributed by atoms with Crippen molar-refractivity contribution in [3.05, 3.63) is 64.9 Å². The highest BCUT2D eigenvalue weighted by Gasteiger charge is 2.26. The van der Waals surface area contributed by atoms with Crippen LogP contribution in [0, 0.1) is 5.92 Å². The Morgan fingerprint density at radius 2 is 1.82 bits per heavy atom. The Bertz CT molecular complexity index is 1130. The molecule has 1 heterocycles. The van der Waals surface area contributed by atoms with Crippen LogP contribution in [-0.2, 0) is 11.3 Å². The third-order valence-electron chi connectivity index (χ3n) is 5.13. The van der Waals surface area contributed by atoms with E-state index in [-0.39, 0.29) is 29.5 Å². The molecule has 0 fully saturated rings. The summed E-state index contributed by atoms with van der Waals surface area (Å²) in [7, 11) is 1.58. The topological polar surface area (TPSA) is 98.1 Å². The molecule has 10 heteroatoms. The van der Waals surface area contributed by atoms with Gasteiger partial charge in [-0.3, -0.25) is 9.59 Å². The summed E-state index contributed by atoms with van der Waals surface area (Å²) in [6.45, 7) is 6.59. The van der Waals surface area contributed by atoms with Crippen LogP contribution >= 0.6 is 23.4 Å². The maximum Gasteiger partial charge on any atom is 0.251 e. The van der Waals surface area contributed by atoms with E-state index in [9.17, 15) is 9.59 Å². The summed E-state index contributed by atoms with van der Waals surface area (Å²) in [6.07, 6.45) is 0. The second-order valence-electron chi connectivity index (χ2n) is 7.83. The molecule has 3 aromatic rings. The first kappa shape index (κ1) is 25.6. The molecule has 0 aliphatic rings. The number of nitrogens with one attached hydrogen (secondary N) is 2. The molecule has 0 unspecified atom stereocenters. The highest BCUT2D eigenvalue weighted by Crippen LogP contribution is 2.26. The molecule has 0 aliphatic carbocycles. The van der Waals surface area contributed by atoms with Gasteiger partial charge in [0.05, 0.1) is 29.6 Å². The Kier molecular flexibility index (Phi) is 8.95. The summed E-state index contributed by atoms with van der Waals surface area (Å²) < 4.78 is 7.08. The van der Waals surface area contributed by atoms with Gasteiger partial charge in [-0.25, -0.2) is 0 Å². The summed E-state index contributed by atoms with van der Waals surface area (Å²) in [5, 5.41) is 15.6. The maximum atomic E-state index is 12.9. The summed E-state index contributed by atoms with van der Waals surface area (Å²) in [6, 6.07) is 13.6. The lowest BCUT2D eigenvalue weighted by Crippen LogP contribution is -2.33. The Balaban J connectivity index is 1.71. The third-order valence-corrected chi connectivity index (χ3v) is 6.42. The number of ether oxygens (including phenoxy) is 1. The van der Waals surface area contributed by atoms with Crippen molar-refractivity contribution in [3.63, 3.8) is 0 Å². The maximum absolute atomic E-state index is 12.9. The second-order valence-corrected chi connectivity index (χ2v) is 9.18. The molecule has 8 nitrogen and oxygen atoms in total. The van der Waals surface area contributed by atoms with Crippen molar-refractivity contribution in [1.82, 2.24) is 20.1 Å². The van der Waals surface area contributed by atoms with Gasteiger partial charge >= 0.3 is 0 Å². The van der Waals surface area contributed by atoms with Gasteiger partial charge in [-0.15, -0.1) is 10.2 Å². The highest BCUT2D eigenvalue weighted by molar-refractivity contribution is 7.99. The van der Waals surface area contributed by atoms with Gasteiger partial charge in [0.15, 0.2) is 11.0 Å². The molecule has 1 aromatic heterocycles. The molecule has 0 radical (unpaired) electrons. The van der Waals surface area contributed by atoms with E-state index in [1.807, 2.05) is 25.3 Å². The van der Waals surface area contributed by atoms with E-state index < -0.39 is 0 Å². The summed E-state index contributed by atoms with van der Waals surface area (Å²) in [4.78, 5) is 25.3. The van der Waals surface area contributed by atoms with Crippen molar-refractivity contribution in [3.8, 4) is 5.75 Å². The first-order valence-electron chi connectivity index (χ1n) is 10.9. The van der Waals surface area contributed by atoms with Crippen molar-refractivity contribution in [2.24, 2.45) is 5.92 Å². The molecule has 2 aromatic carbocycles. The number of nitrogens with zero attached hydrogens (tertiary/aromatic N) is 3. The largest absolute Gasteiger partial charge is 0.497 e. The average molecular weight is 502 g/mol. The first-order chi connectivity index (χ1) is 16.3. The lowest BCUT2D eigenvalue weighted by atomic mass is 10.0. The van der Waals surface area contributed by atoms with Crippen LogP contribution in [0.25, 0.3) is 0 Å². The normalized spacial score (nSPS) is 11.8. The van der Waals surface area contributed by atoms with Crippen LogP contribution < -0.4 is 15.4 Å². The molecular weight excluding hydrogens is 474 g/mol. The van der Waals surface area contributed by atoms with Crippen LogP contribution in [0.15, 0.2) is 53.7 Å². The Morgan fingerprint density at radius 1 is 1.12 bits per heavy atom. The van der Waals surface area contributed by atoms with Crippen molar-refractivity contribution < 1.29 is 14.3 Å². The van der Waals surface area contributed by atoms with E-state index in [0.717, 1.165) is 0 Å². The summed E-state index contributed by atoms with van der Waals surface area (Å²) in [5.41, 5.74) is 1.09. The molecule has 3 rings (SSSR count). The first-order valence-corrected chi connectivity index (χ1v) is 12.3. The number of carbonyl (C=O) groups is 2. The van der Waals surface area contributed by atoms with Gasteiger partial charge in [0.1, 0.15) is 5.75 Å². The second kappa shape index (κ2) is 11.9. The average Bonchev–Trinajstić information content (AvgIpc) is 3.24. The number of carbonyl (C=O) groups excluding carboxylic acids is 2. The zero-order chi connectivity index (χ0) is 24.7. The van der Waals surface area contributed by atoms with Crippen molar-refractivity contribution >= 4 is 40.9 Å². The number of amides is 2. The monoisotopic (exact) mass is 501 g/mol. The molecule has 0 bridgehead atoms. The predicted octanol–water partition coefficient (Wildman–Crippen LogP) is 4.82. The van der Waals surface area contributed by atoms with Crippen LogP contribution in [0.3, 0.4) is 0 Å². The van der Waals surface area contributed by atoms with E-state index in [2.05, 4.69) is 20.8 Å². The molecule has 1 atom stereocenters. The van der Waals surface area contributed by atoms with Gasteiger partial charge in [0, 0.05) is 12.1 Å². The van der Waals surface area contributed by atoms with Crippen LogP contribution in [0.2, 0.25) is 5.02 Å². The fourth-order valence-corrected chi connectivity index (χ4v) is 4.30. The highest BCUT2D eigenvalue weighted by atomic mass is 35.5. The Labute approximate surface area is 208 Å². The molecule has 0 aliphatic heterocycles. The number of hydrogen-bond acceptors (Lipinski definition) is 6. The molecule has 180 valence electrons. The minimum Gasteiger partial charge on any atom is -0.497 e. The SMILES string of the molecule is CCn1c(SCC(=O)Nc2ccccc2Cl)nnc1[C@@H](NC(=O)c1ccc(OC)cc1)C(C)C. The van der Waals surface area contributed by atoms with E-state index >= 15 is 0 Å². The molecular formula is C24H28ClN5O3S.